The van der Waals surface area contributed by atoms with Gasteiger partial charge >= 0.3 is 6.09 Å². The van der Waals surface area contributed by atoms with Crippen LogP contribution in [-0.4, -0.2) is 68.2 Å². The zero-order valence-corrected chi connectivity index (χ0v) is 14.8. The lowest BCUT2D eigenvalue weighted by Gasteiger charge is -2.55. The highest BCUT2D eigenvalue weighted by atomic mass is 35.5. The highest BCUT2D eigenvalue weighted by molar-refractivity contribution is 6.27. The lowest BCUT2D eigenvalue weighted by molar-refractivity contribution is -0.150. The first-order valence-corrected chi connectivity index (χ1v) is 8.81. The summed E-state index contributed by atoms with van der Waals surface area (Å²) in [6.07, 6.45) is 1.86. The van der Waals surface area contributed by atoms with Gasteiger partial charge in [-0.2, -0.15) is 0 Å². The van der Waals surface area contributed by atoms with Crippen LogP contribution in [-0.2, 0) is 4.79 Å². The normalized spacial score (nSPS) is 34.3. The molecule has 1 aliphatic heterocycles. The zero-order valence-electron chi connectivity index (χ0n) is 14.1. The number of hydrogen-bond acceptors (Lipinski definition) is 3. The van der Waals surface area contributed by atoms with Crippen LogP contribution in [0.1, 0.15) is 46.5 Å². The van der Waals surface area contributed by atoms with Gasteiger partial charge in [0.25, 0.3) is 0 Å². The number of hydrogen-bond donors (Lipinski definition) is 2. The molecule has 1 heterocycles. The van der Waals surface area contributed by atoms with E-state index >= 15 is 0 Å². The van der Waals surface area contributed by atoms with Crippen molar-refractivity contribution in [1.82, 2.24) is 9.80 Å². The van der Waals surface area contributed by atoms with Crippen LogP contribution in [0, 0.1) is 5.92 Å². The van der Waals surface area contributed by atoms with Gasteiger partial charge in [0.15, 0.2) is 0 Å². The Morgan fingerprint density at radius 1 is 1.39 bits per heavy atom. The quantitative estimate of drug-likeness (QED) is 0.747. The fourth-order valence-electron chi connectivity index (χ4n) is 3.80. The van der Waals surface area contributed by atoms with E-state index in [1.54, 1.807) is 4.90 Å². The van der Waals surface area contributed by atoms with Crippen molar-refractivity contribution in [2.24, 2.45) is 5.92 Å². The van der Waals surface area contributed by atoms with E-state index < -0.39 is 17.2 Å². The fraction of sp³-hybridized carbons (Fsp3) is 0.875. The van der Waals surface area contributed by atoms with Crippen LogP contribution < -0.4 is 0 Å². The van der Waals surface area contributed by atoms with Gasteiger partial charge in [-0.05, 0) is 32.6 Å². The first-order valence-electron chi connectivity index (χ1n) is 8.28. The predicted octanol–water partition coefficient (Wildman–Crippen LogP) is 2.14. The molecular formula is C16H27ClN2O4. The van der Waals surface area contributed by atoms with Crippen molar-refractivity contribution in [1.29, 1.82) is 0 Å². The van der Waals surface area contributed by atoms with E-state index in [0.717, 1.165) is 12.8 Å². The number of nitrogens with zero attached hydrogens (tertiary/aromatic N) is 2. The van der Waals surface area contributed by atoms with Crippen LogP contribution in [0.25, 0.3) is 0 Å². The summed E-state index contributed by atoms with van der Waals surface area (Å²) in [6, 6.07) is 0.169. The number of carbonyl (C=O) groups is 2. The Balaban J connectivity index is 2.23. The monoisotopic (exact) mass is 346 g/mol. The van der Waals surface area contributed by atoms with Crippen molar-refractivity contribution in [2.45, 2.75) is 63.6 Å². The van der Waals surface area contributed by atoms with Gasteiger partial charge in [0.05, 0.1) is 12.1 Å². The Kier molecular flexibility index (Phi) is 5.16. The lowest BCUT2D eigenvalue weighted by Crippen LogP contribution is -2.67. The average Bonchev–Trinajstić information content (AvgIpc) is 3.34. The number of amides is 2. The highest BCUT2D eigenvalue weighted by Gasteiger charge is 2.54. The summed E-state index contributed by atoms with van der Waals surface area (Å²) >= 11 is 5.71. The molecule has 2 fully saturated rings. The van der Waals surface area contributed by atoms with Crippen molar-refractivity contribution >= 4 is 23.6 Å². The first kappa shape index (κ1) is 18.3. The van der Waals surface area contributed by atoms with Crippen LogP contribution in [0.4, 0.5) is 4.79 Å². The van der Waals surface area contributed by atoms with E-state index in [4.69, 9.17) is 11.6 Å². The van der Waals surface area contributed by atoms with Crippen LogP contribution in [0.5, 0.6) is 0 Å². The van der Waals surface area contributed by atoms with Crippen molar-refractivity contribution < 1.29 is 19.8 Å². The SMILES string of the molecule is CCC1(C)C(C)C(O)(CN(C(=O)CCl)C2CC2)CCN1C(=O)O. The van der Waals surface area contributed by atoms with Gasteiger partial charge in [0.2, 0.25) is 5.91 Å². The summed E-state index contributed by atoms with van der Waals surface area (Å²) in [5, 5.41) is 20.7. The van der Waals surface area contributed by atoms with Crippen molar-refractivity contribution in [3.63, 3.8) is 0 Å². The third-order valence-electron chi connectivity index (χ3n) is 5.94. The molecule has 1 saturated carbocycles. The molecule has 0 radical (unpaired) electrons. The van der Waals surface area contributed by atoms with Gasteiger partial charge in [0.1, 0.15) is 5.88 Å². The molecular weight excluding hydrogens is 320 g/mol. The predicted molar refractivity (Wildman–Crippen MR) is 87.6 cm³/mol. The number of carbonyl (C=O) groups excluding carboxylic acids is 1. The second-order valence-electron chi connectivity index (χ2n) is 7.11. The molecule has 1 aliphatic carbocycles. The largest absolute Gasteiger partial charge is 0.465 e. The maximum Gasteiger partial charge on any atom is 0.407 e. The molecule has 3 unspecified atom stereocenters. The van der Waals surface area contributed by atoms with Gasteiger partial charge < -0.3 is 20.0 Å². The van der Waals surface area contributed by atoms with E-state index in [0.29, 0.717) is 12.8 Å². The molecule has 23 heavy (non-hydrogen) atoms. The minimum absolute atomic E-state index is 0.0900. The number of carboxylic acid groups (broad SMARTS) is 1. The van der Waals surface area contributed by atoms with Crippen LogP contribution in [0.2, 0.25) is 0 Å². The molecule has 0 aromatic rings. The van der Waals surface area contributed by atoms with Crippen molar-refractivity contribution in [2.75, 3.05) is 19.0 Å². The minimum Gasteiger partial charge on any atom is -0.465 e. The average molecular weight is 347 g/mol. The number of alkyl halides is 1. The Hall–Kier alpha value is -1.01. The van der Waals surface area contributed by atoms with Gasteiger partial charge in [-0.15, -0.1) is 11.6 Å². The van der Waals surface area contributed by atoms with Crippen molar-refractivity contribution in [3.05, 3.63) is 0 Å². The number of likely N-dealkylation sites (tertiary alicyclic amines) is 1. The zero-order chi connectivity index (χ0) is 17.4. The topological polar surface area (TPSA) is 81.1 Å². The summed E-state index contributed by atoms with van der Waals surface area (Å²) in [5.41, 5.74) is -1.75. The Morgan fingerprint density at radius 2 is 2.00 bits per heavy atom. The van der Waals surface area contributed by atoms with Gasteiger partial charge in [-0.3, -0.25) is 4.79 Å². The minimum atomic E-state index is -1.10. The summed E-state index contributed by atoms with van der Waals surface area (Å²) in [7, 11) is 0. The molecule has 2 N–H and O–H groups in total. The maximum atomic E-state index is 12.1. The standard InChI is InChI=1S/C16H27ClN2O4/c1-4-15(3)11(2)16(23,7-8-19(15)14(21)22)10-18(12-5-6-12)13(20)9-17/h11-12,23H,4-10H2,1-3H3,(H,21,22). The molecule has 6 nitrogen and oxygen atoms in total. The van der Waals surface area contributed by atoms with Crippen LogP contribution in [0.15, 0.2) is 0 Å². The van der Waals surface area contributed by atoms with E-state index in [9.17, 15) is 19.8 Å². The number of halogens is 1. The first-order chi connectivity index (χ1) is 10.7. The molecule has 2 aliphatic rings. The molecule has 2 rings (SSSR count). The number of piperidine rings is 1. The summed E-state index contributed by atoms with van der Waals surface area (Å²) in [4.78, 5) is 26.8. The Bertz CT molecular complexity index is 485. The molecule has 2 amide bonds. The molecule has 132 valence electrons. The second kappa shape index (κ2) is 6.48. The molecule has 0 aromatic heterocycles. The number of rotatable bonds is 5. The molecule has 1 saturated heterocycles. The van der Waals surface area contributed by atoms with Gasteiger partial charge in [0, 0.05) is 24.0 Å². The molecule has 0 bridgehead atoms. The Morgan fingerprint density at radius 3 is 2.43 bits per heavy atom. The van der Waals surface area contributed by atoms with E-state index in [1.807, 2.05) is 20.8 Å². The van der Waals surface area contributed by atoms with Gasteiger partial charge in [-0.25, -0.2) is 4.79 Å². The third kappa shape index (κ3) is 3.29. The van der Waals surface area contributed by atoms with E-state index in [-0.39, 0.29) is 36.8 Å². The van der Waals surface area contributed by atoms with E-state index in [1.165, 1.54) is 4.90 Å². The molecule has 7 heteroatoms. The summed E-state index contributed by atoms with van der Waals surface area (Å²) in [6.45, 7) is 6.19. The lowest BCUT2D eigenvalue weighted by atomic mass is 9.68. The summed E-state index contributed by atoms with van der Waals surface area (Å²) in [5.74, 6) is -0.532. The molecule has 0 aromatic carbocycles. The second-order valence-corrected chi connectivity index (χ2v) is 7.37. The highest BCUT2D eigenvalue weighted by Crippen LogP contribution is 2.43. The fourth-order valence-corrected chi connectivity index (χ4v) is 3.95. The number of aliphatic hydroxyl groups is 1. The smallest absolute Gasteiger partial charge is 0.407 e. The van der Waals surface area contributed by atoms with Crippen LogP contribution in [0.3, 0.4) is 0 Å². The van der Waals surface area contributed by atoms with E-state index in [2.05, 4.69) is 0 Å². The maximum absolute atomic E-state index is 12.1. The third-order valence-corrected chi connectivity index (χ3v) is 6.17. The molecule has 3 atom stereocenters. The molecule has 0 spiro atoms. The Labute approximate surface area is 142 Å². The van der Waals surface area contributed by atoms with Crippen molar-refractivity contribution in [3.8, 4) is 0 Å². The summed E-state index contributed by atoms with van der Waals surface area (Å²) < 4.78 is 0. The van der Waals surface area contributed by atoms with Gasteiger partial charge in [-0.1, -0.05) is 13.8 Å². The van der Waals surface area contributed by atoms with Crippen LogP contribution >= 0.6 is 11.6 Å².